The van der Waals surface area contributed by atoms with Crippen LogP contribution < -0.4 is 4.90 Å². The van der Waals surface area contributed by atoms with E-state index in [-0.39, 0.29) is 6.61 Å². The van der Waals surface area contributed by atoms with Crippen molar-refractivity contribution in [2.45, 2.75) is 32.9 Å². The molecule has 0 saturated carbocycles. The zero-order chi connectivity index (χ0) is 13.1. The number of benzene rings is 1. The van der Waals surface area contributed by atoms with Gasteiger partial charge in [-0.1, -0.05) is 24.6 Å². The van der Waals surface area contributed by atoms with Gasteiger partial charge in [-0.15, -0.1) is 0 Å². The summed E-state index contributed by atoms with van der Waals surface area (Å²) in [5.41, 5.74) is 3.47. The number of piperazine rings is 1. The molecular formula is C15H24N2O. The Balaban J connectivity index is 2.21. The molecule has 1 unspecified atom stereocenters. The van der Waals surface area contributed by atoms with E-state index in [0.717, 1.165) is 25.2 Å². The monoisotopic (exact) mass is 248 g/mol. The van der Waals surface area contributed by atoms with Gasteiger partial charge in [0.05, 0.1) is 6.61 Å². The van der Waals surface area contributed by atoms with E-state index in [4.69, 9.17) is 0 Å². The average Bonchev–Trinajstić information content (AvgIpc) is 2.39. The highest BCUT2D eigenvalue weighted by Gasteiger charge is 2.24. The second-order valence-electron chi connectivity index (χ2n) is 5.28. The first-order chi connectivity index (χ1) is 8.65. The van der Waals surface area contributed by atoms with Gasteiger partial charge < -0.3 is 10.0 Å². The smallest absolute Gasteiger partial charge is 0.0702 e. The molecule has 3 heteroatoms. The number of anilines is 1. The number of aliphatic hydroxyl groups excluding tert-OH is 1. The molecule has 0 amide bonds. The van der Waals surface area contributed by atoms with E-state index in [9.17, 15) is 5.11 Å². The SMILES string of the molecule is CCC1CN(c2ccc(C)cc2CO)CCN1C. The lowest BCUT2D eigenvalue weighted by atomic mass is 10.1. The maximum atomic E-state index is 9.51. The molecule has 0 spiro atoms. The summed E-state index contributed by atoms with van der Waals surface area (Å²) in [5, 5.41) is 9.51. The molecule has 2 rings (SSSR count). The first kappa shape index (κ1) is 13.4. The van der Waals surface area contributed by atoms with E-state index in [2.05, 4.69) is 48.9 Å². The van der Waals surface area contributed by atoms with Crippen LogP contribution in [0.1, 0.15) is 24.5 Å². The number of hydrogen-bond donors (Lipinski definition) is 1. The van der Waals surface area contributed by atoms with Crippen molar-refractivity contribution in [3.05, 3.63) is 29.3 Å². The standard InChI is InChI=1S/C15H24N2O/c1-4-14-10-17(8-7-16(14)3)15-6-5-12(2)9-13(15)11-18/h5-6,9,14,18H,4,7-8,10-11H2,1-3H3. The summed E-state index contributed by atoms with van der Waals surface area (Å²) in [6, 6.07) is 6.99. The zero-order valence-corrected chi connectivity index (χ0v) is 11.7. The van der Waals surface area contributed by atoms with Crippen LogP contribution in [0, 0.1) is 6.92 Å². The van der Waals surface area contributed by atoms with Crippen molar-refractivity contribution >= 4 is 5.69 Å². The van der Waals surface area contributed by atoms with Gasteiger partial charge in [0.25, 0.3) is 0 Å². The predicted molar refractivity (Wildman–Crippen MR) is 76.0 cm³/mol. The van der Waals surface area contributed by atoms with E-state index in [1.165, 1.54) is 17.7 Å². The molecule has 1 aliphatic heterocycles. The fourth-order valence-corrected chi connectivity index (χ4v) is 2.76. The minimum atomic E-state index is 0.125. The number of rotatable bonds is 3. The summed E-state index contributed by atoms with van der Waals surface area (Å²) in [7, 11) is 2.20. The Kier molecular flexibility index (Phi) is 4.25. The highest BCUT2D eigenvalue weighted by atomic mass is 16.3. The van der Waals surface area contributed by atoms with Crippen LogP contribution in [0.4, 0.5) is 5.69 Å². The topological polar surface area (TPSA) is 26.7 Å². The fourth-order valence-electron chi connectivity index (χ4n) is 2.76. The summed E-state index contributed by atoms with van der Waals surface area (Å²) < 4.78 is 0. The predicted octanol–water partition coefficient (Wildman–Crippen LogP) is 2.02. The normalized spacial score (nSPS) is 21.3. The Hall–Kier alpha value is -1.06. The molecule has 100 valence electrons. The Morgan fingerprint density at radius 1 is 1.33 bits per heavy atom. The molecule has 1 fully saturated rings. The Morgan fingerprint density at radius 3 is 2.78 bits per heavy atom. The van der Waals surface area contributed by atoms with Crippen LogP contribution in [0.2, 0.25) is 0 Å². The van der Waals surface area contributed by atoms with Crippen LogP contribution in [0.25, 0.3) is 0 Å². The first-order valence-electron chi connectivity index (χ1n) is 6.81. The molecule has 1 saturated heterocycles. The molecular weight excluding hydrogens is 224 g/mol. The van der Waals surface area contributed by atoms with Crippen molar-refractivity contribution in [1.29, 1.82) is 0 Å². The zero-order valence-electron chi connectivity index (χ0n) is 11.7. The third kappa shape index (κ3) is 2.68. The lowest BCUT2D eigenvalue weighted by Crippen LogP contribution is -2.51. The molecule has 3 nitrogen and oxygen atoms in total. The van der Waals surface area contributed by atoms with Crippen LogP contribution in [0.5, 0.6) is 0 Å². The van der Waals surface area contributed by atoms with E-state index in [1.54, 1.807) is 0 Å². The second-order valence-corrected chi connectivity index (χ2v) is 5.28. The van der Waals surface area contributed by atoms with Crippen molar-refractivity contribution in [1.82, 2.24) is 4.90 Å². The number of aryl methyl sites for hydroxylation is 1. The van der Waals surface area contributed by atoms with Gasteiger partial charge in [0.1, 0.15) is 0 Å². The Bertz CT molecular complexity index is 405. The maximum Gasteiger partial charge on any atom is 0.0702 e. The van der Waals surface area contributed by atoms with Gasteiger partial charge >= 0.3 is 0 Å². The number of hydrogen-bond acceptors (Lipinski definition) is 3. The summed E-state index contributed by atoms with van der Waals surface area (Å²) in [4.78, 5) is 4.85. The van der Waals surface area contributed by atoms with Gasteiger partial charge in [-0.25, -0.2) is 0 Å². The van der Waals surface area contributed by atoms with Gasteiger partial charge in [-0.2, -0.15) is 0 Å². The molecule has 1 aliphatic rings. The molecule has 0 aromatic heterocycles. The molecule has 1 atom stereocenters. The van der Waals surface area contributed by atoms with Crippen LogP contribution in [0.3, 0.4) is 0 Å². The molecule has 1 aromatic rings. The van der Waals surface area contributed by atoms with Gasteiger partial charge in [0.2, 0.25) is 0 Å². The lowest BCUT2D eigenvalue weighted by molar-refractivity contribution is 0.212. The highest BCUT2D eigenvalue weighted by molar-refractivity contribution is 5.55. The third-order valence-corrected chi connectivity index (χ3v) is 3.99. The van der Waals surface area contributed by atoms with E-state index in [0.29, 0.717) is 6.04 Å². The highest BCUT2D eigenvalue weighted by Crippen LogP contribution is 2.25. The van der Waals surface area contributed by atoms with Gasteiger partial charge in [0, 0.05) is 36.9 Å². The summed E-state index contributed by atoms with van der Waals surface area (Å²) in [6.07, 6.45) is 1.17. The molecule has 0 bridgehead atoms. The van der Waals surface area contributed by atoms with Crippen LogP contribution >= 0.6 is 0 Å². The molecule has 1 aromatic carbocycles. The van der Waals surface area contributed by atoms with E-state index in [1.807, 2.05) is 0 Å². The van der Waals surface area contributed by atoms with Gasteiger partial charge in [-0.3, -0.25) is 4.90 Å². The van der Waals surface area contributed by atoms with Crippen molar-refractivity contribution in [2.24, 2.45) is 0 Å². The Morgan fingerprint density at radius 2 is 2.11 bits per heavy atom. The first-order valence-corrected chi connectivity index (χ1v) is 6.81. The largest absolute Gasteiger partial charge is 0.392 e. The molecule has 0 aliphatic carbocycles. The fraction of sp³-hybridized carbons (Fsp3) is 0.600. The molecule has 18 heavy (non-hydrogen) atoms. The third-order valence-electron chi connectivity index (χ3n) is 3.99. The second kappa shape index (κ2) is 5.72. The molecule has 1 N–H and O–H groups in total. The van der Waals surface area contributed by atoms with E-state index < -0.39 is 0 Å². The number of likely N-dealkylation sites (N-methyl/N-ethyl adjacent to an activating group) is 1. The number of aliphatic hydroxyl groups is 1. The van der Waals surface area contributed by atoms with Crippen LogP contribution in [-0.4, -0.2) is 42.7 Å². The average molecular weight is 248 g/mol. The van der Waals surface area contributed by atoms with Gasteiger partial charge in [0.15, 0.2) is 0 Å². The Labute approximate surface area is 110 Å². The summed E-state index contributed by atoms with van der Waals surface area (Å²) in [5.74, 6) is 0. The minimum absolute atomic E-state index is 0.125. The van der Waals surface area contributed by atoms with Crippen molar-refractivity contribution in [3.63, 3.8) is 0 Å². The van der Waals surface area contributed by atoms with Gasteiger partial charge in [-0.05, 0) is 26.5 Å². The molecule has 1 heterocycles. The lowest BCUT2D eigenvalue weighted by Gasteiger charge is -2.41. The van der Waals surface area contributed by atoms with Crippen molar-refractivity contribution in [3.8, 4) is 0 Å². The van der Waals surface area contributed by atoms with Crippen LogP contribution in [-0.2, 0) is 6.61 Å². The van der Waals surface area contributed by atoms with E-state index >= 15 is 0 Å². The number of nitrogens with zero attached hydrogens (tertiary/aromatic N) is 2. The van der Waals surface area contributed by atoms with Crippen molar-refractivity contribution < 1.29 is 5.11 Å². The summed E-state index contributed by atoms with van der Waals surface area (Å²) in [6.45, 7) is 7.64. The summed E-state index contributed by atoms with van der Waals surface area (Å²) >= 11 is 0. The van der Waals surface area contributed by atoms with Crippen molar-refractivity contribution in [2.75, 3.05) is 31.6 Å². The molecule has 0 radical (unpaired) electrons. The maximum absolute atomic E-state index is 9.51. The quantitative estimate of drug-likeness (QED) is 0.886. The minimum Gasteiger partial charge on any atom is -0.392 e. The van der Waals surface area contributed by atoms with Crippen LogP contribution in [0.15, 0.2) is 18.2 Å².